The van der Waals surface area contributed by atoms with Crippen LogP contribution in [0.5, 0.6) is 0 Å². The maximum atomic E-state index is 12.4. The first-order valence-corrected chi connectivity index (χ1v) is 9.89. The van der Waals surface area contributed by atoms with Gasteiger partial charge in [-0.2, -0.15) is 0 Å². The van der Waals surface area contributed by atoms with Crippen molar-refractivity contribution in [3.8, 4) is 0 Å². The third-order valence-electron chi connectivity index (χ3n) is 4.08. The van der Waals surface area contributed by atoms with Crippen molar-refractivity contribution in [1.29, 1.82) is 0 Å². The van der Waals surface area contributed by atoms with E-state index in [0.29, 0.717) is 18.1 Å². The van der Waals surface area contributed by atoms with E-state index in [0.717, 1.165) is 27.7 Å². The zero-order valence-electron chi connectivity index (χ0n) is 15.3. The predicted octanol–water partition coefficient (Wildman–Crippen LogP) is 4.64. The number of hydrogen-bond donors (Lipinski definition) is 1. The Balaban J connectivity index is 1.58. The molecular formula is C20H21ClN4OS. The number of anilines is 1. The van der Waals surface area contributed by atoms with Crippen LogP contribution in [0.1, 0.15) is 32.9 Å². The predicted molar refractivity (Wildman–Crippen MR) is 110 cm³/mol. The van der Waals surface area contributed by atoms with Gasteiger partial charge in [-0.25, -0.2) is 0 Å². The van der Waals surface area contributed by atoms with Crippen LogP contribution in [0, 0.1) is 0 Å². The summed E-state index contributed by atoms with van der Waals surface area (Å²) in [7, 11) is 1.99. The van der Waals surface area contributed by atoms with Crippen molar-refractivity contribution in [2.24, 2.45) is 0 Å². The van der Waals surface area contributed by atoms with E-state index in [1.807, 2.05) is 55.6 Å². The quantitative estimate of drug-likeness (QED) is 0.627. The van der Waals surface area contributed by atoms with Gasteiger partial charge in [0, 0.05) is 17.3 Å². The zero-order valence-corrected chi connectivity index (χ0v) is 16.8. The average molecular weight is 401 g/mol. The maximum absolute atomic E-state index is 12.4. The van der Waals surface area contributed by atoms with E-state index in [1.165, 1.54) is 16.9 Å². The molecule has 2 aromatic carbocycles. The van der Waals surface area contributed by atoms with E-state index >= 15 is 0 Å². The lowest BCUT2D eigenvalue weighted by atomic mass is 10.1. The number of benzene rings is 2. The molecule has 0 aliphatic rings. The van der Waals surface area contributed by atoms with Gasteiger partial charge in [0.1, 0.15) is 5.01 Å². The third-order valence-corrected chi connectivity index (χ3v) is 5.36. The van der Waals surface area contributed by atoms with Crippen LogP contribution in [0.15, 0.2) is 48.5 Å². The average Bonchev–Trinajstić information content (AvgIpc) is 3.13. The highest BCUT2D eigenvalue weighted by Crippen LogP contribution is 2.19. The highest BCUT2D eigenvalue weighted by molar-refractivity contribution is 7.13. The molecular weight excluding hydrogens is 380 g/mol. The molecule has 0 aliphatic carbocycles. The summed E-state index contributed by atoms with van der Waals surface area (Å²) in [6, 6.07) is 15.6. The number of hydrogen-bond acceptors (Lipinski definition) is 5. The summed E-state index contributed by atoms with van der Waals surface area (Å²) < 4.78 is 0. The van der Waals surface area contributed by atoms with Gasteiger partial charge in [-0.05, 0) is 42.8 Å². The first kappa shape index (κ1) is 19.5. The van der Waals surface area contributed by atoms with Crippen LogP contribution in [0.2, 0.25) is 5.02 Å². The van der Waals surface area contributed by atoms with Crippen molar-refractivity contribution >= 4 is 34.5 Å². The molecule has 0 unspecified atom stereocenters. The number of aromatic nitrogens is 2. The maximum Gasteiger partial charge on any atom is 0.286 e. The van der Waals surface area contributed by atoms with Crippen molar-refractivity contribution in [2.45, 2.75) is 26.4 Å². The summed E-state index contributed by atoms with van der Waals surface area (Å²) in [5.41, 5.74) is 3.04. The molecule has 27 heavy (non-hydrogen) atoms. The summed E-state index contributed by atoms with van der Waals surface area (Å²) in [5.74, 6) is -0.239. The number of rotatable bonds is 7. The molecule has 0 saturated heterocycles. The molecule has 1 N–H and O–H groups in total. The van der Waals surface area contributed by atoms with Crippen LogP contribution >= 0.6 is 22.9 Å². The van der Waals surface area contributed by atoms with Crippen LogP contribution in [-0.2, 0) is 19.5 Å². The van der Waals surface area contributed by atoms with E-state index in [9.17, 15) is 4.79 Å². The van der Waals surface area contributed by atoms with Crippen LogP contribution in [0.3, 0.4) is 0 Å². The Labute approximate surface area is 168 Å². The molecule has 0 radical (unpaired) electrons. The molecule has 0 spiro atoms. The monoisotopic (exact) mass is 400 g/mol. The summed E-state index contributed by atoms with van der Waals surface area (Å²) in [6.07, 6.45) is 0.968. The molecule has 1 amide bonds. The van der Waals surface area contributed by atoms with Crippen molar-refractivity contribution in [2.75, 3.05) is 12.4 Å². The SMILES string of the molecule is CCc1ccc(NC(=O)c2nnc(CN(C)Cc3ccccc3Cl)s2)cc1. The highest BCUT2D eigenvalue weighted by atomic mass is 35.5. The summed E-state index contributed by atoms with van der Waals surface area (Å²) in [5, 5.41) is 12.9. The first-order valence-electron chi connectivity index (χ1n) is 8.69. The standard InChI is InChI=1S/C20H21ClN4OS/c1-3-14-8-10-16(11-9-14)22-19(26)20-24-23-18(27-20)13-25(2)12-15-6-4-5-7-17(15)21/h4-11H,3,12-13H2,1-2H3,(H,22,26). The largest absolute Gasteiger partial charge is 0.320 e. The molecule has 0 fully saturated rings. The molecule has 0 bridgehead atoms. The molecule has 7 heteroatoms. The topological polar surface area (TPSA) is 58.1 Å². The second-order valence-corrected chi connectivity index (χ2v) is 7.74. The van der Waals surface area contributed by atoms with Crippen molar-refractivity contribution in [3.63, 3.8) is 0 Å². The molecule has 1 aromatic heterocycles. The Kier molecular flexibility index (Phi) is 6.55. The third kappa shape index (κ3) is 5.35. The van der Waals surface area contributed by atoms with Crippen molar-refractivity contribution in [1.82, 2.24) is 15.1 Å². The number of carbonyl (C=O) groups is 1. The molecule has 0 atom stereocenters. The Morgan fingerprint density at radius 2 is 1.85 bits per heavy atom. The fourth-order valence-electron chi connectivity index (χ4n) is 2.62. The number of amides is 1. The summed E-state index contributed by atoms with van der Waals surface area (Å²) in [6.45, 7) is 3.39. The van der Waals surface area contributed by atoms with Crippen molar-refractivity contribution in [3.05, 3.63) is 74.7 Å². The molecule has 0 aliphatic heterocycles. The van der Waals surface area contributed by atoms with Gasteiger partial charge >= 0.3 is 0 Å². The lowest BCUT2D eigenvalue weighted by Gasteiger charge is -2.15. The second-order valence-electron chi connectivity index (χ2n) is 6.27. The van der Waals surface area contributed by atoms with Gasteiger partial charge in [-0.1, -0.05) is 60.2 Å². The number of carbonyl (C=O) groups excluding carboxylic acids is 1. The summed E-state index contributed by atoms with van der Waals surface area (Å²) in [4.78, 5) is 14.5. The Morgan fingerprint density at radius 3 is 2.56 bits per heavy atom. The number of nitrogens with one attached hydrogen (secondary N) is 1. The zero-order chi connectivity index (χ0) is 19.2. The first-order chi connectivity index (χ1) is 13.0. The fraction of sp³-hybridized carbons (Fsp3) is 0.250. The van der Waals surface area contributed by atoms with E-state index in [2.05, 4.69) is 27.3 Å². The van der Waals surface area contributed by atoms with Crippen LogP contribution < -0.4 is 5.32 Å². The van der Waals surface area contributed by atoms with Gasteiger partial charge in [-0.15, -0.1) is 10.2 Å². The Hall–Kier alpha value is -2.28. The molecule has 3 aromatic rings. The molecule has 140 valence electrons. The lowest BCUT2D eigenvalue weighted by molar-refractivity contribution is 0.102. The van der Waals surface area contributed by atoms with E-state index in [-0.39, 0.29) is 5.91 Å². The second kappa shape index (κ2) is 9.08. The smallest absolute Gasteiger partial charge is 0.286 e. The number of nitrogens with zero attached hydrogens (tertiary/aromatic N) is 3. The minimum Gasteiger partial charge on any atom is -0.320 e. The van der Waals surface area contributed by atoms with Gasteiger partial charge in [0.2, 0.25) is 5.01 Å². The molecule has 5 nitrogen and oxygen atoms in total. The van der Waals surface area contributed by atoms with Gasteiger partial charge in [0.25, 0.3) is 5.91 Å². The Bertz CT molecular complexity index is 910. The Morgan fingerprint density at radius 1 is 1.11 bits per heavy atom. The minimum absolute atomic E-state index is 0.239. The lowest BCUT2D eigenvalue weighted by Crippen LogP contribution is -2.17. The van der Waals surface area contributed by atoms with E-state index in [1.54, 1.807) is 0 Å². The number of halogens is 1. The highest BCUT2D eigenvalue weighted by Gasteiger charge is 2.14. The van der Waals surface area contributed by atoms with Crippen LogP contribution in [-0.4, -0.2) is 28.1 Å². The van der Waals surface area contributed by atoms with Gasteiger partial charge in [0.15, 0.2) is 0 Å². The van der Waals surface area contributed by atoms with E-state index < -0.39 is 0 Å². The van der Waals surface area contributed by atoms with Gasteiger partial charge in [-0.3, -0.25) is 9.69 Å². The summed E-state index contributed by atoms with van der Waals surface area (Å²) >= 11 is 7.51. The fourth-order valence-corrected chi connectivity index (χ4v) is 3.63. The number of aryl methyl sites for hydroxylation is 1. The molecule has 1 heterocycles. The van der Waals surface area contributed by atoms with Crippen molar-refractivity contribution < 1.29 is 4.79 Å². The van der Waals surface area contributed by atoms with E-state index in [4.69, 9.17) is 11.6 Å². The minimum atomic E-state index is -0.239. The van der Waals surface area contributed by atoms with Gasteiger partial charge < -0.3 is 5.32 Å². The van der Waals surface area contributed by atoms with Crippen LogP contribution in [0.25, 0.3) is 0 Å². The van der Waals surface area contributed by atoms with Gasteiger partial charge in [0.05, 0.1) is 6.54 Å². The molecule has 0 saturated carbocycles. The van der Waals surface area contributed by atoms with Crippen LogP contribution in [0.4, 0.5) is 5.69 Å². The molecule has 3 rings (SSSR count). The normalized spacial score (nSPS) is 11.0.